The zero-order valence-corrected chi connectivity index (χ0v) is 8.31. The van der Waals surface area contributed by atoms with Crippen LogP contribution in [-0.4, -0.2) is 4.98 Å². The zero-order chi connectivity index (χ0) is 8.81. The van der Waals surface area contributed by atoms with Crippen LogP contribution in [0.2, 0.25) is 0 Å². The summed E-state index contributed by atoms with van der Waals surface area (Å²) in [6.07, 6.45) is 4.81. The Morgan fingerprint density at radius 2 is 2.42 bits per heavy atom. The predicted molar refractivity (Wildman–Crippen MR) is 53.2 cm³/mol. The molecule has 12 heavy (non-hydrogen) atoms. The van der Waals surface area contributed by atoms with Crippen LogP contribution < -0.4 is 5.73 Å². The van der Waals surface area contributed by atoms with Gasteiger partial charge in [0.15, 0.2) is 0 Å². The van der Waals surface area contributed by atoms with Crippen molar-refractivity contribution in [3.05, 3.63) is 16.6 Å². The molecule has 1 atom stereocenters. The fraction of sp³-hybridized carbons (Fsp3) is 0.667. The van der Waals surface area contributed by atoms with Gasteiger partial charge in [0.2, 0.25) is 0 Å². The van der Waals surface area contributed by atoms with Gasteiger partial charge in [-0.1, -0.05) is 26.2 Å². The molecule has 0 spiro atoms. The molecule has 3 heteroatoms. The Balaban J connectivity index is 2.25. The topological polar surface area (TPSA) is 38.9 Å². The summed E-state index contributed by atoms with van der Waals surface area (Å²) in [6.45, 7) is 2.20. The molecule has 0 saturated heterocycles. The monoisotopic (exact) mass is 184 g/mol. The second kappa shape index (κ2) is 5.27. The minimum atomic E-state index is 0.155. The van der Waals surface area contributed by atoms with Crippen molar-refractivity contribution in [3.8, 4) is 0 Å². The molecule has 1 unspecified atom stereocenters. The van der Waals surface area contributed by atoms with Crippen LogP contribution in [0.4, 0.5) is 0 Å². The van der Waals surface area contributed by atoms with Crippen molar-refractivity contribution in [2.75, 3.05) is 0 Å². The van der Waals surface area contributed by atoms with Gasteiger partial charge < -0.3 is 5.73 Å². The van der Waals surface area contributed by atoms with Crippen LogP contribution in [0.3, 0.4) is 0 Å². The van der Waals surface area contributed by atoms with Crippen molar-refractivity contribution in [1.82, 2.24) is 4.98 Å². The number of hydrogen-bond acceptors (Lipinski definition) is 3. The van der Waals surface area contributed by atoms with E-state index in [2.05, 4.69) is 11.9 Å². The van der Waals surface area contributed by atoms with Crippen LogP contribution in [0, 0.1) is 0 Å². The zero-order valence-electron chi connectivity index (χ0n) is 7.49. The molecule has 2 N–H and O–H groups in total. The first-order valence-corrected chi connectivity index (χ1v) is 5.42. The molecule has 0 radical (unpaired) electrons. The molecule has 1 heterocycles. The maximum absolute atomic E-state index is 5.92. The molecule has 2 nitrogen and oxygen atoms in total. The summed E-state index contributed by atoms with van der Waals surface area (Å²) in [7, 11) is 0. The minimum Gasteiger partial charge on any atom is -0.323 e. The lowest BCUT2D eigenvalue weighted by molar-refractivity contribution is 0.573. The van der Waals surface area contributed by atoms with Crippen molar-refractivity contribution in [3.63, 3.8) is 0 Å². The van der Waals surface area contributed by atoms with Crippen LogP contribution in [0.15, 0.2) is 10.9 Å². The molecule has 0 fully saturated rings. The Morgan fingerprint density at radius 3 is 3.00 bits per heavy atom. The Labute approximate surface area is 77.8 Å². The summed E-state index contributed by atoms with van der Waals surface area (Å²) < 4.78 is 0. The average molecular weight is 184 g/mol. The van der Waals surface area contributed by atoms with E-state index >= 15 is 0 Å². The van der Waals surface area contributed by atoms with E-state index in [1.54, 1.807) is 11.3 Å². The van der Waals surface area contributed by atoms with Gasteiger partial charge in [0, 0.05) is 11.4 Å². The molecule has 0 saturated carbocycles. The van der Waals surface area contributed by atoms with Crippen molar-refractivity contribution in [2.24, 2.45) is 5.73 Å². The van der Waals surface area contributed by atoms with E-state index in [-0.39, 0.29) is 6.04 Å². The summed E-state index contributed by atoms with van der Waals surface area (Å²) in [4.78, 5) is 4.19. The Morgan fingerprint density at radius 1 is 1.58 bits per heavy atom. The van der Waals surface area contributed by atoms with Crippen LogP contribution >= 0.6 is 11.3 Å². The molecule has 0 aliphatic carbocycles. The van der Waals surface area contributed by atoms with Crippen LogP contribution in [-0.2, 0) is 0 Å². The molecule has 0 aliphatic heterocycles. The molecule has 68 valence electrons. The predicted octanol–water partition coefficient (Wildman–Crippen LogP) is 2.72. The summed E-state index contributed by atoms with van der Waals surface area (Å²) in [5.41, 5.74) is 8.82. The molecule has 0 bridgehead atoms. The third-order valence-corrected chi connectivity index (χ3v) is 2.55. The molecular formula is C9H16N2S. The largest absolute Gasteiger partial charge is 0.323 e. The molecule has 1 aromatic rings. The first-order chi connectivity index (χ1) is 5.84. The lowest BCUT2D eigenvalue weighted by Gasteiger charge is -2.06. The second-order valence-corrected chi connectivity index (χ2v) is 3.73. The highest BCUT2D eigenvalue weighted by molar-refractivity contribution is 7.07. The Bertz CT molecular complexity index is 196. The van der Waals surface area contributed by atoms with Gasteiger partial charge in [-0.25, -0.2) is 4.98 Å². The van der Waals surface area contributed by atoms with Gasteiger partial charge in [0.25, 0.3) is 0 Å². The molecular weight excluding hydrogens is 168 g/mol. The van der Waals surface area contributed by atoms with Gasteiger partial charge in [0.05, 0.1) is 11.2 Å². The number of rotatable bonds is 5. The molecule has 0 amide bonds. The average Bonchev–Trinajstić information content (AvgIpc) is 2.56. The minimum absolute atomic E-state index is 0.155. The van der Waals surface area contributed by atoms with Gasteiger partial charge >= 0.3 is 0 Å². The standard InChI is InChI=1S/C9H16N2S/c1-2-3-4-5-8(10)9-6-12-7-11-9/h6-8H,2-5,10H2,1H3. The highest BCUT2D eigenvalue weighted by Gasteiger charge is 2.06. The number of thiazole rings is 1. The van der Waals surface area contributed by atoms with E-state index in [0.717, 1.165) is 12.1 Å². The van der Waals surface area contributed by atoms with E-state index in [9.17, 15) is 0 Å². The van der Waals surface area contributed by atoms with E-state index in [1.807, 2.05) is 10.9 Å². The third kappa shape index (κ3) is 2.91. The van der Waals surface area contributed by atoms with Gasteiger partial charge in [-0.2, -0.15) is 0 Å². The van der Waals surface area contributed by atoms with Crippen LogP contribution in [0.1, 0.15) is 44.3 Å². The SMILES string of the molecule is CCCCCC(N)c1cscn1. The summed E-state index contributed by atoms with van der Waals surface area (Å²) in [5.74, 6) is 0. The van der Waals surface area contributed by atoms with Crippen molar-refractivity contribution in [2.45, 2.75) is 38.6 Å². The van der Waals surface area contributed by atoms with Crippen LogP contribution in [0.25, 0.3) is 0 Å². The number of nitrogens with two attached hydrogens (primary N) is 1. The third-order valence-electron chi connectivity index (χ3n) is 1.95. The normalized spacial score (nSPS) is 13.2. The van der Waals surface area contributed by atoms with Gasteiger partial charge in [-0.05, 0) is 6.42 Å². The highest BCUT2D eigenvalue weighted by atomic mass is 32.1. The molecule has 1 rings (SSSR count). The van der Waals surface area contributed by atoms with Crippen molar-refractivity contribution >= 4 is 11.3 Å². The quantitative estimate of drug-likeness (QED) is 0.715. The number of hydrogen-bond donors (Lipinski definition) is 1. The second-order valence-electron chi connectivity index (χ2n) is 3.02. The van der Waals surface area contributed by atoms with E-state index in [0.29, 0.717) is 0 Å². The Hall–Kier alpha value is -0.410. The molecule has 0 aliphatic rings. The lowest BCUT2D eigenvalue weighted by atomic mass is 10.1. The summed E-state index contributed by atoms with van der Waals surface area (Å²) >= 11 is 1.62. The molecule has 0 aromatic carbocycles. The lowest BCUT2D eigenvalue weighted by Crippen LogP contribution is -2.10. The number of aromatic nitrogens is 1. The van der Waals surface area contributed by atoms with Gasteiger partial charge in [-0.15, -0.1) is 11.3 Å². The molecule has 1 aromatic heterocycles. The maximum atomic E-state index is 5.92. The highest BCUT2D eigenvalue weighted by Crippen LogP contribution is 2.16. The summed E-state index contributed by atoms with van der Waals surface area (Å²) in [5, 5.41) is 2.04. The Kier molecular flexibility index (Phi) is 4.25. The van der Waals surface area contributed by atoms with Gasteiger partial charge in [0.1, 0.15) is 0 Å². The van der Waals surface area contributed by atoms with Crippen molar-refractivity contribution in [1.29, 1.82) is 0 Å². The van der Waals surface area contributed by atoms with E-state index in [4.69, 9.17) is 5.73 Å². The first-order valence-electron chi connectivity index (χ1n) is 4.48. The maximum Gasteiger partial charge on any atom is 0.0795 e. The van der Waals surface area contributed by atoms with E-state index < -0.39 is 0 Å². The van der Waals surface area contributed by atoms with Crippen LogP contribution in [0.5, 0.6) is 0 Å². The smallest absolute Gasteiger partial charge is 0.0795 e. The summed E-state index contributed by atoms with van der Waals surface area (Å²) in [6, 6.07) is 0.155. The number of nitrogens with zero attached hydrogens (tertiary/aromatic N) is 1. The fourth-order valence-corrected chi connectivity index (χ4v) is 1.79. The van der Waals surface area contributed by atoms with Gasteiger partial charge in [-0.3, -0.25) is 0 Å². The number of unbranched alkanes of at least 4 members (excludes halogenated alkanes) is 2. The first kappa shape index (κ1) is 9.68. The fourth-order valence-electron chi connectivity index (χ4n) is 1.17. The van der Waals surface area contributed by atoms with E-state index in [1.165, 1.54) is 19.3 Å². The van der Waals surface area contributed by atoms with Crippen molar-refractivity contribution < 1.29 is 0 Å².